The number of hydrogen-bond acceptors (Lipinski definition) is 0. The molecule has 0 aliphatic carbocycles. The lowest BCUT2D eigenvalue weighted by molar-refractivity contribution is 1.57. The molecule has 0 saturated carbocycles. The van der Waals surface area contributed by atoms with Gasteiger partial charge in [0.05, 0.1) is 0 Å². The summed E-state index contributed by atoms with van der Waals surface area (Å²) in [4.78, 5) is 0. The van der Waals surface area contributed by atoms with Gasteiger partial charge in [-0.3, -0.25) is 0 Å². The van der Waals surface area contributed by atoms with Gasteiger partial charge in [-0.25, -0.2) is 0 Å². The maximum absolute atomic E-state index is 3.85. The van der Waals surface area contributed by atoms with Crippen molar-refractivity contribution in [3.63, 3.8) is 0 Å². The van der Waals surface area contributed by atoms with Gasteiger partial charge in [-0.1, -0.05) is 123 Å². The molecule has 0 aromatic heterocycles. The fraction of sp³-hybridized carbons (Fsp3) is 0. The van der Waals surface area contributed by atoms with E-state index in [4.69, 9.17) is 0 Å². The van der Waals surface area contributed by atoms with Crippen molar-refractivity contribution in [3.8, 4) is 11.1 Å². The average molecular weight is 336 g/mol. The van der Waals surface area contributed by atoms with Crippen molar-refractivity contribution in [1.82, 2.24) is 0 Å². The molecule has 128 valence electrons. The fourth-order valence-electron chi connectivity index (χ4n) is 2.72. The van der Waals surface area contributed by atoms with E-state index in [1.807, 2.05) is 72.8 Å². The summed E-state index contributed by atoms with van der Waals surface area (Å²) in [5.41, 5.74) is 6.98. The normalized spacial score (nSPS) is 9.38. The minimum Gasteiger partial charge on any atom is -0.0984 e. The Kier molecular flexibility index (Phi) is 7.15. The molecule has 0 fully saturated rings. The second-order valence-corrected chi connectivity index (χ2v) is 5.62. The first-order valence-electron chi connectivity index (χ1n) is 8.52. The summed E-state index contributed by atoms with van der Waals surface area (Å²) in [6, 6.07) is 24.5. The zero-order valence-electron chi connectivity index (χ0n) is 15.1. The quantitative estimate of drug-likeness (QED) is 0.449. The number of hydrogen-bond donors (Lipinski definition) is 0. The molecule has 3 aromatic rings. The van der Waals surface area contributed by atoms with Crippen LogP contribution >= 0.6 is 0 Å². The van der Waals surface area contributed by atoms with E-state index < -0.39 is 0 Å². The van der Waals surface area contributed by atoms with Crippen molar-refractivity contribution in [2.75, 3.05) is 0 Å². The Labute approximate surface area is 157 Å². The highest BCUT2D eigenvalue weighted by Crippen LogP contribution is 2.28. The van der Waals surface area contributed by atoms with E-state index >= 15 is 0 Å². The van der Waals surface area contributed by atoms with Crippen LogP contribution in [0.2, 0.25) is 0 Å². The molecule has 3 aromatic carbocycles. The second-order valence-electron chi connectivity index (χ2n) is 5.62. The van der Waals surface area contributed by atoms with Crippen molar-refractivity contribution >= 4 is 24.3 Å². The highest BCUT2D eigenvalue weighted by atomic mass is 14.1. The molecule has 0 amide bonds. The summed E-state index contributed by atoms with van der Waals surface area (Å²) < 4.78 is 0. The molecule has 0 aliphatic rings. The zero-order chi connectivity index (χ0) is 18.8. The highest BCUT2D eigenvalue weighted by molar-refractivity contribution is 5.81. The number of benzene rings is 3. The van der Waals surface area contributed by atoms with Gasteiger partial charge in [0, 0.05) is 0 Å². The van der Waals surface area contributed by atoms with Gasteiger partial charge in [-0.15, -0.1) is 0 Å². The SMILES string of the molecule is C=Cc1ccccc1-c1ccccc1C=C.C=Cc1ccccc1C=C. The highest BCUT2D eigenvalue weighted by Gasteiger charge is 2.04. The lowest BCUT2D eigenvalue weighted by Crippen LogP contribution is -1.85. The summed E-state index contributed by atoms with van der Waals surface area (Å²) in [5, 5.41) is 0. The first-order chi connectivity index (χ1) is 12.7. The summed E-state index contributed by atoms with van der Waals surface area (Å²) in [6.07, 6.45) is 7.43. The van der Waals surface area contributed by atoms with Crippen LogP contribution in [-0.4, -0.2) is 0 Å². The summed E-state index contributed by atoms with van der Waals surface area (Å²) in [7, 11) is 0. The molecule has 0 nitrogen and oxygen atoms in total. The first kappa shape index (κ1) is 19.0. The van der Waals surface area contributed by atoms with Gasteiger partial charge in [0.1, 0.15) is 0 Å². The summed E-state index contributed by atoms with van der Waals surface area (Å²) in [5.74, 6) is 0. The third-order valence-electron chi connectivity index (χ3n) is 4.09. The van der Waals surface area contributed by atoms with Crippen LogP contribution in [-0.2, 0) is 0 Å². The van der Waals surface area contributed by atoms with Crippen molar-refractivity contribution in [2.45, 2.75) is 0 Å². The number of rotatable bonds is 5. The van der Waals surface area contributed by atoms with Crippen LogP contribution in [0.4, 0.5) is 0 Å². The molecule has 0 spiro atoms. The molecule has 0 N–H and O–H groups in total. The fourth-order valence-corrected chi connectivity index (χ4v) is 2.72. The topological polar surface area (TPSA) is 0 Å². The third-order valence-corrected chi connectivity index (χ3v) is 4.09. The Morgan fingerprint density at radius 2 is 0.654 bits per heavy atom. The second kappa shape index (κ2) is 9.80. The third kappa shape index (κ3) is 4.58. The van der Waals surface area contributed by atoms with Crippen LogP contribution in [0.15, 0.2) is 99.1 Å². The zero-order valence-corrected chi connectivity index (χ0v) is 15.1. The van der Waals surface area contributed by atoms with Crippen LogP contribution in [0.5, 0.6) is 0 Å². The maximum Gasteiger partial charge on any atom is -0.0106 e. The van der Waals surface area contributed by atoms with E-state index in [2.05, 4.69) is 50.6 Å². The molecule has 0 heterocycles. The predicted molar refractivity (Wildman–Crippen MR) is 119 cm³/mol. The molecule has 0 bridgehead atoms. The van der Waals surface area contributed by atoms with Crippen LogP contribution in [0.3, 0.4) is 0 Å². The van der Waals surface area contributed by atoms with E-state index in [-0.39, 0.29) is 0 Å². The molecule has 0 saturated heterocycles. The Morgan fingerprint density at radius 3 is 0.962 bits per heavy atom. The average Bonchev–Trinajstić information content (AvgIpc) is 2.74. The van der Waals surface area contributed by atoms with E-state index in [1.165, 1.54) is 11.1 Å². The van der Waals surface area contributed by atoms with Crippen molar-refractivity contribution in [1.29, 1.82) is 0 Å². The Morgan fingerprint density at radius 1 is 0.385 bits per heavy atom. The van der Waals surface area contributed by atoms with Crippen LogP contribution < -0.4 is 0 Å². The standard InChI is InChI=1S/C16H14.C10H10/c1-3-13-9-5-7-11-15(13)16-12-8-6-10-14(16)4-2;1-3-9-7-5-6-8-10(9)4-2/h3-12H,1-2H2;3-8H,1-2H2. The van der Waals surface area contributed by atoms with Gasteiger partial charge in [-0.2, -0.15) is 0 Å². The summed E-state index contributed by atoms with van der Waals surface area (Å²) >= 11 is 0. The predicted octanol–water partition coefficient (Wildman–Crippen LogP) is 7.61. The van der Waals surface area contributed by atoms with Crippen LogP contribution in [0.25, 0.3) is 35.4 Å². The van der Waals surface area contributed by atoms with E-state index in [0.29, 0.717) is 0 Å². The Bertz CT molecular complexity index is 836. The molecule has 0 atom stereocenters. The van der Waals surface area contributed by atoms with E-state index in [1.54, 1.807) is 0 Å². The van der Waals surface area contributed by atoms with Gasteiger partial charge in [0.2, 0.25) is 0 Å². The van der Waals surface area contributed by atoms with Crippen LogP contribution in [0, 0.1) is 0 Å². The first-order valence-corrected chi connectivity index (χ1v) is 8.52. The van der Waals surface area contributed by atoms with E-state index in [0.717, 1.165) is 22.3 Å². The van der Waals surface area contributed by atoms with Gasteiger partial charge < -0.3 is 0 Å². The smallest absolute Gasteiger partial charge is 0.0106 e. The minimum absolute atomic E-state index is 1.14. The molecular weight excluding hydrogens is 312 g/mol. The van der Waals surface area contributed by atoms with Crippen LogP contribution in [0.1, 0.15) is 22.3 Å². The maximum atomic E-state index is 3.85. The molecule has 0 radical (unpaired) electrons. The van der Waals surface area contributed by atoms with Gasteiger partial charge in [-0.05, 0) is 33.4 Å². The van der Waals surface area contributed by atoms with Gasteiger partial charge >= 0.3 is 0 Å². The largest absolute Gasteiger partial charge is 0.0984 e. The van der Waals surface area contributed by atoms with Gasteiger partial charge in [0.15, 0.2) is 0 Å². The lowest BCUT2D eigenvalue weighted by atomic mass is 9.95. The monoisotopic (exact) mass is 336 g/mol. The van der Waals surface area contributed by atoms with E-state index in [9.17, 15) is 0 Å². The Hall–Kier alpha value is -3.38. The van der Waals surface area contributed by atoms with Gasteiger partial charge in [0.25, 0.3) is 0 Å². The van der Waals surface area contributed by atoms with Crippen molar-refractivity contribution < 1.29 is 0 Å². The van der Waals surface area contributed by atoms with Crippen molar-refractivity contribution in [3.05, 3.63) is 121 Å². The molecule has 0 aliphatic heterocycles. The lowest BCUT2D eigenvalue weighted by Gasteiger charge is -2.09. The molecule has 0 unspecified atom stereocenters. The molecular formula is C26H24. The Balaban J connectivity index is 0.000000209. The minimum atomic E-state index is 1.14. The molecule has 3 rings (SSSR count). The molecule has 0 heteroatoms. The van der Waals surface area contributed by atoms with Crippen molar-refractivity contribution in [2.24, 2.45) is 0 Å². The molecule has 26 heavy (non-hydrogen) atoms. The summed E-state index contributed by atoms with van der Waals surface area (Å²) in [6.45, 7) is 15.1.